The quantitative estimate of drug-likeness (QED) is 0.656. The number of rotatable bonds is 9. The van der Waals surface area contributed by atoms with Crippen LogP contribution in [0.1, 0.15) is 10.4 Å². The van der Waals surface area contributed by atoms with Gasteiger partial charge in [0.15, 0.2) is 5.78 Å². The molecule has 0 bridgehead atoms. The first-order chi connectivity index (χ1) is 9.58. The van der Waals surface area contributed by atoms with Crippen LogP contribution in [-0.4, -0.2) is 57.8 Å². The van der Waals surface area contributed by atoms with Crippen molar-refractivity contribution in [3.63, 3.8) is 0 Å². The maximum absolute atomic E-state index is 12.3. The summed E-state index contributed by atoms with van der Waals surface area (Å²) in [6.45, 7) is 2.68. The molecule has 0 aliphatic heterocycles. The Morgan fingerprint density at radius 1 is 1.15 bits per heavy atom. The number of methoxy groups -OCH3 is 2. The van der Waals surface area contributed by atoms with Crippen LogP contribution in [0.4, 0.5) is 0 Å². The highest BCUT2D eigenvalue weighted by atomic mass is 35.5. The van der Waals surface area contributed by atoms with Crippen LogP contribution in [0.5, 0.6) is 0 Å². The highest BCUT2D eigenvalue weighted by Crippen LogP contribution is 2.21. The summed E-state index contributed by atoms with van der Waals surface area (Å²) in [6, 6.07) is 4.89. The van der Waals surface area contributed by atoms with Gasteiger partial charge in [-0.25, -0.2) is 0 Å². The van der Waals surface area contributed by atoms with Gasteiger partial charge in [-0.05, 0) is 18.2 Å². The number of ether oxygens (including phenoxy) is 2. The van der Waals surface area contributed by atoms with Gasteiger partial charge in [0, 0.05) is 37.9 Å². The van der Waals surface area contributed by atoms with Crippen molar-refractivity contribution in [3.8, 4) is 0 Å². The van der Waals surface area contributed by atoms with Gasteiger partial charge in [0.1, 0.15) is 0 Å². The van der Waals surface area contributed by atoms with Gasteiger partial charge < -0.3 is 9.47 Å². The first-order valence-corrected chi connectivity index (χ1v) is 7.02. The molecule has 0 saturated heterocycles. The van der Waals surface area contributed by atoms with Crippen molar-refractivity contribution in [2.24, 2.45) is 0 Å². The maximum atomic E-state index is 12.3. The number of hydrogen-bond acceptors (Lipinski definition) is 4. The molecular weight excluding hydrogens is 301 g/mol. The Hall–Kier alpha value is -0.650. The summed E-state index contributed by atoms with van der Waals surface area (Å²) < 4.78 is 10.1. The molecule has 0 heterocycles. The van der Waals surface area contributed by atoms with Gasteiger partial charge in [-0.1, -0.05) is 23.2 Å². The van der Waals surface area contributed by atoms with Gasteiger partial charge in [0.2, 0.25) is 0 Å². The van der Waals surface area contributed by atoms with Gasteiger partial charge in [0.05, 0.1) is 24.8 Å². The van der Waals surface area contributed by atoms with Crippen LogP contribution in [0, 0.1) is 0 Å². The van der Waals surface area contributed by atoms with Crippen LogP contribution < -0.4 is 0 Å². The number of nitrogens with zero attached hydrogens (tertiary/aromatic N) is 1. The normalized spacial score (nSPS) is 11.1. The summed E-state index contributed by atoms with van der Waals surface area (Å²) in [5.74, 6) is -0.0651. The second kappa shape index (κ2) is 9.32. The highest BCUT2D eigenvalue weighted by molar-refractivity contribution is 6.36. The molecule has 0 spiro atoms. The molecule has 0 aromatic heterocycles. The standard InChI is InChI=1S/C14H19Cl2NO3/c1-19-7-5-17(6-8-20-2)10-14(18)12-9-11(15)3-4-13(12)16/h3-4,9H,5-8,10H2,1-2H3. The van der Waals surface area contributed by atoms with Gasteiger partial charge in [-0.2, -0.15) is 0 Å². The van der Waals surface area contributed by atoms with Gasteiger partial charge >= 0.3 is 0 Å². The molecule has 112 valence electrons. The zero-order valence-electron chi connectivity index (χ0n) is 11.7. The topological polar surface area (TPSA) is 38.8 Å². The second-order valence-corrected chi connectivity index (χ2v) is 5.15. The molecule has 4 nitrogen and oxygen atoms in total. The average molecular weight is 320 g/mol. The number of carbonyl (C=O) groups excluding carboxylic acids is 1. The third kappa shape index (κ3) is 5.77. The Morgan fingerprint density at radius 2 is 1.75 bits per heavy atom. The van der Waals surface area contributed by atoms with Crippen molar-refractivity contribution in [1.29, 1.82) is 0 Å². The third-order valence-electron chi connectivity index (χ3n) is 2.82. The number of halogens is 2. The lowest BCUT2D eigenvalue weighted by Crippen LogP contribution is -2.35. The summed E-state index contributed by atoms with van der Waals surface area (Å²) in [4.78, 5) is 14.3. The zero-order chi connectivity index (χ0) is 15.0. The molecule has 0 saturated carbocycles. The van der Waals surface area contributed by atoms with Crippen LogP contribution in [0.3, 0.4) is 0 Å². The monoisotopic (exact) mass is 319 g/mol. The molecule has 1 rings (SSSR count). The number of ketones is 1. The van der Waals surface area contributed by atoms with Crippen molar-refractivity contribution in [2.45, 2.75) is 0 Å². The molecule has 0 radical (unpaired) electrons. The summed E-state index contributed by atoms with van der Waals surface area (Å²) in [5, 5.41) is 0.913. The number of carbonyl (C=O) groups is 1. The van der Waals surface area contributed by atoms with Gasteiger partial charge in [-0.3, -0.25) is 9.69 Å². The van der Waals surface area contributed by atoms with Crippen LogP contribution >= 0.6 is 23.2 Å². The predicted octanol–water partition coefficient (Wildman–Crippen LogP) is 2.77. The molecule has 1 aromatic rings. The fourth-order valence-corrected chi connectivity index (χ4v) is 2.11. The largest absolute Gasteiger partial charge is 0.383 e. The molecule has 6 heteroatoms. The lowest BCUT2D eigenvalue weighted by atomic mass is 10.1. The highest BCUT2D eigenvalue weighted by Gasteiger charge is 2.15. The van der Waals surface area contributed by atoms with E-state index in [9.17, 15) is 4.79 Å². The SMILES string of the molecule is COCCN(CCOC)CC(=O)c1cc(Cl)ccc1Cl. The lowest BCUT2D eigenvalue weighted by Gasteiger charge is -2.21. The van der Waals surface area contributed by atoms with E-state index in [2.05, 4.69) is 0 Å². The van der Waals surface area contributed by atoms with Gasteiger partial charge in [0.25, 0.3) is 0 Å². The molecule has 0 atom stereocenters. The molecule has 1 aromatic carbocycles. The first kappa shape index (κ1) is 17.4. The number of benzene rings is 1. The van der Waals surface area contributed by atoms with Crippen molar-refractivity contribution in [2.75, 3.05) is 47.1 Å². The molecule has 0 amide bonds. The van der Waals surface area contributed by atoms with Crippen molar-refractivity contribution < 1.29 is 14.3 Å². The van der Waals surface area contributed by atoms with Crippen molar-refractivity contribution in [3.05, 3.63) is 33.8 Å². The smallest absolute Gasteiger partial charge is 0.178 e. The van der Waals surface area contributed by atoms with Crippen LogP contribution in [-0.2, 0) is 9.47 Å². The summed E-state index contributed by atoms with van der Waals surface area (Å²) >= 11 is 11.9. The minimum atomic E-state index is -0.0651. The Labute approximate surface area is 129 Å². The fourth-order valence-electron chi connectivity index (χ4n) is 1.71. The molecule has 20 heavy (non-hydrogen) atoms. The van der Waals surface area contributed by atoms with E-state index in [0.717, 1.165) is 0 Å². The van der Waals surface area contributed by atoms with E-state index in [1.807, 2.05) is 4.90 Å². The maximum Gasteiger partial charge on any atom is 0.178 e. The Balaban J connectivity index is 2.70. The average Bonchev–Trinajstić information content (AvgIpc) is 2.44. The van der Waals surface area contributed by atoms with Crippen molar-refractivity contribution in [1.82, 2.24) is 4.90 Å². The first-order valence-electron chi connectivity index (χ1n) is 6.27. The number of hydrogen-bond donors (Lipinski definition) is 0. The van der Waals surface area contributed by atoms with Crippen LogP contribution in [0.25, 0.3) is 0 Å². The van der Waals surface area contributed by atoms with Crippen LogP contribution in [0.2, 0.25) is 10.0 Å². The van der Waals surface area contributed by atoms with E-state index in [-0.39, 0.29) is 12.3 Å². The predicted molar refractivity (Wildman–Crippen MR) is 81.0 cm³/mol. The molecular formula is C14H19Cl2NO3. The molecule has 0 fully saturated rings. The molecule has 0 aliphatic carbocycles. The van der Waals surface area contributed by atoms with Crippen molar-refractivity contribution >= 4 is 29.0 Å². The van der Waals surface area contributed by atoms with E-state index in [4.69, 9.17) is 32.7 Å². The summed E-state index contributed by atoms with van der Waals surface area (Å²) in [5.41, 5.74) is 0.444. The number of Topliss-reactive ketones (excluding diaryl/α,β-unsaturated/α-hetero) is 1. The van der Waals surface area contributed by atoms with E-state index < -0.39 is 0 Å². The molecule has 0 aliphatic rings. The summed E-state index contributed by atoms with van der Waals surface area (Å²) in [6.07, 6.45) is 0. The molecule has 0 unspecified atom stereocenters. The van der Waals surface area contributed by atoms with Gasteiger partial charge in [-0.15, -0.1) is 0 Å². The Bertz CT molecular complexity index is 432. The summed E-state index contributed by atoms with van der Waals surface area (Å²) in [7, 11) is 3.26. The Kier molecular flexibility index (Phi) is 8.11. The molecule has 0 N–H and O–H groups in total. The zero-order valence-corrected chi connectivity index (χ0v) is 13.2. The minimum absolute atomic E-state index is 0.0651. The third-order valence-corrected chi connectivity index (χ3v) is 3.38. The fraction of sp³-hybridized carbons (Fsp3) is 0.500. The second-order valence-electron chi connectivity index (χ2n) is 4.31. The van der Waals surface area contributed by atoms with Crippen LogP contribution in [0.15, 0.2) is 18.2 Å². The van der Waals surface area contributed by atoms with E-state index in [1.165, 1.54) is 0 Å². The van der Waals surface area contributed by atoms with E-state index in [1.54, 1.807) is 32.4 Å². The minimum Gasteiger partial charge on any atom is -0.383 e. The lowest BCUT2D eigenvalue weighted by molar-refractivity contribution is 0.0837. The van der Waals surface area contributed by atoms with E-state index >= 15 is 0 Å². The Morgan fingerprint density at radius 3 is 2.30 bits per heavy atom. The van der Waals surface area contributed by atoms with E-state index in [0.29, 0.717) is 41.9 Å².